The lowest BCUT2D eigenvalue weighted by Gasteiger charge is -2.29. The Kier molecular flexibility index (Phi) is 9.13. The van der Waals surface area contributed by atoms with Gasteiger partial charge in [-0.25, -0.2) is 18.9 Å². The Morgan fingerprint density at radius 2 is 1.85 bits per heavy atom. The molecule has 0 aromatic heterocycles. The van der Waals surface area contributed by atoms with Gasteiger partial charge in [-0.2, -0.15) is 13.2 Å². The highest BCUT2D eigenvalue weighted by Gasteiger charge is 2.36. The number of amides is 3. The van der Waals surface area contributed by atoms with Crippen LogP contribution in [0.2, 0.25) is 0 Å². The van der Waals surface area contributed by atoms with E-state index < -0.39 is 35.5 Å². The van der Waals surface area contributed by atoms with Gasteiger partial charge >= 0.3 is 18.3 Å². The molecule has 1 aliphatic rings. The van der Waals surface area contributed by atoms with Crippen molar-refractivity contribution in [2.24, 2.45) is 10.3 Å². The summed E-state index contributed by atoms with van der Waals surface area (Å²) in [6.07, 6.45) is -4.75. The van der Waals surface area contributed by atoms with Crippen molar-refractivity contribution in [1.82, 2.24) is 4.90 Å². The van der Waals surface area contributed by atoms with Crippen molar-refractivity contribution in [3.63, 3.8) is 0 Å². The molecule has 40 heavy (non-hydrogen) atoms. The van der Waals surface area contributed by atoms with Crippen molar-refractivity contribution in [2.45, 2.75) is 50.9 Å². The number of anilines is 1. The number of benzene rings is 2. The molecule has 1 N–H and O–H groups in total. The van der Waals surface area contributed by atoms with Crippen LogP contribution in [0.4, 0.5) is 32.8 Å². The molecule has 0 radical (unpaired) electrons. The highest BCUT2D eigenvalue weighted by Crippen LogP contribution is 2.38. The number of carbonyl (C=O) groups is 2. The summed E-state index contributed by atoms with van der Waals surface area (Å²) in [6.45, 7) is 9.11. The van der Waals surface area contributed by atoms with Crippen molar-refractivity contribution in [3.8, 4) is 0 Å². The molecule has 3 amide bonds. The fourth-order valence-electron chi connectivity index (χ4n) is 3.35. The summed E-state index contributed by atoms with van der Waals surface area (Å²) in [5, 5.41) is 15.3. The van der Waals surface area contributed by atoms with E-state index in [2.05, 4.69) is 21.7 Å². The van der Waals surface area contributed by atoms with Crippen LogP contribution in [0.5, 0.6) is 0 Å². The third-order valence-electron chi connectivity index (χ3n) is 5.31. The van der Waals surface area contributed by atoms with Crippen LogP contribution in [0.1, 0.15) is 44.4 Å². The first-order chi connectivity index (χ1) is 18.6. The number of ether oxygens (including phenoxy) is 1. The Morgan fingerprint density at radius 1 is 1.20 bits per heavy atom. The third-order valence-corrected chi connectivity index (χ3v) is 6.34. The first kappa shape index (κ1) is 30.5. The Bertz CT molecular complexity index is 1350. The van der Waals surface area contributed by atoms with E-state index in [1.807, 2.05) is 0 Å². The van der Waals surface area contributed by atoms with Gasteiger partial charge < -0.3 is 14.8 Å². The van der Waals surface area contributed by atoms with Gasteiger partial charge in [0, 0.05) is 10.5 Å². The van der Waals surface area contributed by atoms with Crippen molar-refractivity contribution < 1.29 is 41.9 Å². The summed E-state index contributed by atoms with van der Waals surface area (Å²) in [5.41, 5.74) is 0.439. The predicted molar refractivity (Wildman–Crippen MR) is 141 cm³/mol. The maximum atomic E-state index is 14.6. The van der Waals surface area contributed by atoms with Gasteiger partial charge in [-0.05, 0) is 57.5 Å². The van der Waals surface area contributed by atoms with E-state index in [-0.39, 0.29) is 29.4 Å². The Morgan fingerprint density at radius 3 is 2.42 bits per heavy atom. The van der Waals surface area contributed by atoms with Gasteiger partial charge in [0.1, 0.15) is 11.4 Å². The number of alkyl halides is 3. The van der Waals surface area contributed by atoms with E-state index in [1.54, 1.807) is 45.0 Å². The minimum Gasteiger partial charge on any atom is -0.443 e. The van der Waals surface area contributed by atoms with Gasteiger partial charge in [0.2, 0.25) is 5.76 Å². The summed E-state index contributed by atoms with van der Waals surface area (Å²) >= 11 is 1.05. The third kappa shape index (κ3) is 7.52. The Balaban J connectivity index is 1.95. The predicted octanol–water partition coefficient (Wildman–Crippen LogP) is 6.88. The highest BCUT2D eigenvalue weighted by atomic mass is 32.2. The number of nitrogens with zero attached hydrogens (tertiary/aromatic N) is 4. The van der Waals surface area contributed by atoms with Crippen molar-refractivity contribution in [3.05, 3.63) is 71.2 Å². The molecule has 0 saturated heterocycles. The first-order valence-electron chi connectivity index (χ1n) is 11.6. The van der Waals surface area contributed by atoms with Crippen LogP contribution in [-0.2, 0) is 16.1 Å². The van der Waals surface area contributed by atoms with Crippen molar-refractivity contribution >= 4 is 41.5 Å². The lowest BCUT2D eigenvalue weighted by molar-refractivity contribution is -0.130. The fraction of sp³-hybridized carbons (Fsp3) is 0.308. The number of carbonyl (C=O) groups excluding carboxylic acids is 2. The molecule has 2 aromatic rings. The molecule has 0 fully saturated rings. The van der Waals surface area contributed by atoms with Gasteiger partial charge in [0.15, 0.2) is 0 Å². The molecule has 3 rings (SSSR count). The molecule has 9 nitrogen and oxygen atoms in total. The maximum absolute atomic E-state index is 14.6. The number of imide groups is 1. The van der Waals surface area contributed by atoms with Crippen LogP contribution in [0, 0.1) is 5.82 Å². The van der Waals surface area contributed by atoms with E-state index >= 15 is 0 Å². The number of fused-ring (bicyclic) bond motifs is 1. The molecule has 0 bridgehead atoms. The number of thioether (sulfide) groups is 1. The average Bonchev–Trinajstić information content (AvgIpc) is 2.98. The highest BCUT2D eigenvalue weighted by molar-refractivity contribution is 7.99. The fourth-order valence-corrected chi connectivity index (χ4v) is 4.34. The van der Waals surface area contributed by atoms with Crippen molar-refractivity contribution in [2.75, 3.05) is 10.8 Å². The van der Waals surface area contributed by atoms with Crippen LogP contribution in [-0.4, -0.2) is 51.8 Å². The molecular formula is C26H26F4N4O5S. The maximum Gasteiger partial charge on any atom is 0.451 e. The van der Waals surface area contributed by atoms with E-state index in [0.29, 0.717) is 16.0 Å². The van der Waals surface area contributed by atoms with Gasteiger partial charge in [0.05, 0.1) is 30.0 Å². The smallest absolute Gasteiger partial charge is 0.443 e. The van der Waals surface area contributed by atoms with E-state index in [0.717, 1.165) is 22.9 Å². The van der Waals surface area contributed by atoms with E-state index in [9.17, 15) is 27.2 Å². The zero-order valence-corrected chi connectivity index (χ0v) is 22.8. The second kappa shape index (κ2) is 12.0. The van der Waals surface area contributed by atoms with E-state index in [4.69, 9.17) is 9.94 Å². The monoisotopic (exact) mass is 582 g/mol. The minimum absolute atomic E-state index is 0.0785. The van der Waals surface area contributed by atoms with E-state index in [1.165, 1.54) is 24.0 Å². The molecule has 14 heteroatoms. The van der Waals surface area contributed by atoms with Gasteiger partial charge in [-0.15, -0.1) is 11.8 Å². The number of rotatable bonds is 6. The zero-order valence-electron chi connectivity index (χ0n) is 22.0. The second-order valence-electron chi connectivity index (χ2n) is 9.52. The largest absolute Gasteiger partial charge is 0.451 e. The number of halogens is 4. The summed E-state index contributed by atoms with van der Waals surface area (Å²) in [4.78, 5) is 33.3. The standard InChI is InChI=1S/C26H26F4N4O5S/c1-15(32-39-16(2)26(28,29)30)18-8-6-17(7-9-18)13-33-21-10-19(12-31-37)20(27)11-22(21)40-14-34(23(33)35)24(36)38-25(3,4)5/h6-12,37H,2,13-14H2,1,3-5H3/b31-12+,32-15+. The number of allylic oxidation sites excluding steroid dienone is 1. The average molecular weight is 583 g/mol. The molecular weight excluding hydrogens is 556 g/mol. The number of hydrogen-bond acceptors (Lipinski definition) is 8. The van der Waals surface area contributed by atoms with Crippen LogP contribution in [0.15, 0.2) is 63.9 Å². The number of oxime groups is 2. The Labute approximate surface area is 231 Å². The number of urea groups is 1. The van der Waals surface area contributed by atoms with Crippen LogP contribution >= 0.6 is 11.8 Å². The summed E-state index contributed by atoms with van der Waals surface area (Å²) in [7, 11) is 0. The van der Waals surface area contributed by atoms with Crippen LogP contribution < -0.4 is 4.90 Å². The lowest BCUT2D eigenvalue weighted by atomic mass is 10.1. The molecule has 0 aliphatic carbocycles. The molecule has 1 aliphatic heterocycles. The molecule has 0 saturated carbocycles. The van der Waals surface area contributed by atoms with Gasteiger partial charge in [-0.3, -0.25) is 4.90 Å². The minimum atomic E-state index is -4.75. The normalized spacial score (nSPS) is 14.7. The molecule has 0 unspecified atom stereocenters. The molecule has 2 aromatic carbocycles. The topological polar surface area (TPSA) is 104 Å². The molecule has 0 atom stereocenters. The quantitative estimate of drug-likeness (QED) is 0.131. The second-order valence-corrected chi connectivity index (χ2v) is 10.5. The summed E-state index contributed by atoms with van der Waals surface area (Å²) in [5.74, 6) is -2.31. The molecule has 214 valence electrons. The summed E-state index contributed by atoms with van der Waals surface area (Å²) in [6, 6.07) is 8.10. The molecule has 0 spiro atoms. The van der Waals surface area contributed by atoms with Gasteiger partial charge in [0.25, 0.3) is 0 Å². The first-order valence-corrected chi connectivity index (χ1v) is 12.6. The van der Waals surface area contributed by atoms with Crippen molar-refractivity contribution in [1.29, 1.82) is 0 Å². The lowest BCUT2D eigenvalue weighted by Crippen LogP contribution is -2.47. The van der Waals surface area contributed by atoms with Gasteiger partial charge in [-0.1, -0.05) is 34.6 Å². The van der Waals surface area contributed by atoms with Crippen LogP contribution in [0.3, 0.4) is 0 Å². The SMILES string of the molecule is C=C(O/N=C(\C)c1ccc(CN2C(=O)N(C(=O)OC(C)(C)C)CSc3cc(F)c(/C=N/O)cc32)cc1)C(F)(F)F. The Hall–Kier alpha value is -4.07. The van der Waals surface area contributed by atoms with Crippen LogP contribution in [0.25, 0.3) is 0 Å². The zero-order chi connectivity index (χ0) is 29.8. The molecule has 1 heterocycles. The number of hydrogen-bond donors (Lipinski definition) is 1. The summed E-state index contributed by atoms with van der Waals surface area (Å²) < 4.78 is 57.8.